The first kappa shape index (κ1) is 17.8. The molecule has 6 nitrogen and oxygen atoms in total. The smallest absolute Gasteiger partial charge is 0.309 e. The lowest BCUT2D eigenvalue weighted by atomic mass is 10.2. The van der Waals surface area contributed by atoms with Crippen molar-refractivity contribution >= 4 is 40.3 Å². The van der Waals surface area contributed by atoms with E-state index in [9.17, 15) is 14.4 Å². The van der Waals surface area contributed by atoms with Gasteiger partial charge in [0.05, 0.1) is 17.5 Å². The van der Waals surface area contributed by atoms with E-state index in [0.717, 1.165) is 17.7 Å². The summed E-state index contributed by atoms with van der Waals surface area (Å²) in [4.78, 5) is 37.3. The number of amides is 2. The number of hydrogen-bond donors (Lipinski definition) is 2. The van der Waals surface area contributed by atoms with Crippen LogP contribution in [0.5, 0.6) is 0 Å². The van der Waals surface area contributed by atoms with Crippen LogP contribution in [0.4, 0.5) is 0 Å². The molecule has 0 aliphatic carbocycles. The Hall–Kier alpha value is -2.03. The Morgan fingerprint density at radius 1 is 1.16 bits per heavy atom. The molecule has 132 valence electrons. The largest absolute Gasteiger partial charge is 0.376 e. The van der Waals surface area contributed by atoms with E-state index in [1.807, 2.05) is 10.8 Å². The van der Waals surface area contributed by atoms with Gasteiger partial charge >= 0.3 is 11.8 Å². The first-order chi connectivity index (χ1) is 12.1. The van der Waals surface area contributed by atoms with Crippen LogP contribution in [0.1, 0.15) is 33.0 Å². The molecule has 0 aromatic carbocycles. The van der Waals surface area contributed by atoms with Gasteiger partial charge in [-0.3, -0.25) is 14.4 Å². The van der Waals surface area contributed by atoms with Crippen molar-refractivity contribution in [2.75, 3.05) is 13.2 Å². The van der Waals surface area contributed by atoms with Crippen molar-refractivity contribution in [2.45, 2.75) is 25.5 Å². The van der Waals surface area contributed by atoms with Gasteiger partial charge in [-0.05, 0) is 36.4 Å². The first-order valence-corrected chi connectivity index (χ1v) is 9.72. The summed E-state index contributed by atoms with van der Waals surface area (Å²) in [5.41, 5.74) is 0.663. The van der Waals surface area contributed by atoms with Gasteiger partial charge in [-0.25, -0.2) is 0 Å². The van der Waals surface area contributed by atoms with E-state index >= 15 is 0 Å². The summed E-state index contributed by atoms with van der Waals surface area (Å²) >= 11 is 2.79. The number of rotatable bonds is 6. The molecule has 0 radical (unpaired) electrons. The highest BCUT2D eigenvalue weighted by atomic mass is 32.1. The van der Waals surface area contributed by atoms with E-state index in [0.29, 0.717) is 23.6 Å². The Kier molecular flexibility index (Phi) is 5.95. The molecular formula is C17H18N2O4S2. The molecule has 2 aromatic heterocycles. The van der Waals surface area contributed by atoms with Crippen LogP contribution in [0.25, 0.3) is 0 Å². The Morgan fingerprint density at radius 3 is 2.72 bits per heavy atom. The molecule has 25 heavy (non-hydrogen) atoms. The topological polar surface area (TPSA) is 84.5 Å². The third-order valence-electron chi connectivity index (χ3n) is 3.81. The van der Waals surface area contributed by atoms with Crippen molar-refractivity contribution < 1.29 is 19.1 Å². The van der Waals surface area contributed by atoms with E-state index in [2.05, 4.69) is 10.6 Å². The quantitative estimate of drug-likeness (QED) is 0.594. The molecule has 2 amide bonds. The highest BCUT2D eigenvalue weighted by Crippen LogP contribution is 2.21. The minimum absolute atomic E-state index is 0.000258. The summed E-state index contributed by atoms with van der Waals surface area (Å²) < 4.78 is 5.39. The molecule has 1 fully saturated rings. The highest BCUT2D eigenvalue weighted by Gasteiger charge is 2.19. The van der Waals surface area contributed by atoms with Gasteiger partial charge in [0.2, 0.25) is 5.78 Å². The highest BCUT2D eigenvalue weighted by molar-refractivity contribution is 7.14. The monoisotopic (exact) mass is 378 g/mol. The summed E-state index contributed by atoms with van der Waals surface area (Å²) in [5.74, 6) is -1.38. The van der Waals surface area contributed by atoms with E-state index < -0.39 is 11.8 Å². The van der Waals surface area contributed by atoms with Crippen molar-refractivity contribution in [3.63, 3.8) is 0 Å². The Balaban J connectivity index is 1.45. The molecule has 3 heterocycles. The van der Waals surface area contributed by atoms with Crippen molar-refractivity contribution in [1.82, 2.24) is 10.6 Å². The van der Waals surface area contributed by atoms with Gasteiger partial charge in [0, 0.05) is 29.0 Å². The number of nitrogens with one attached hydrogen (secondary N) is 2. The average molecular weight is 378 g/mol. The van der Waals surface area contributed by atoms with Crippen LogP contribution in [-0.4, -0.2) is 36.9 Å². The molecule has 0 spiro atoms. The molecular weight excluding hydrogens is 360 g/mol. The summed E-state index contributed by atoms with van der Waals surface area (Å²) in [7, 11) is 0. The van der Waals surface area contributed by atoms with Crippen LogP contribution in [-0.2, 0) is 20.9 Å². The number of ether oxygens (including phenoxy) is 1. The number of carbonyl (C=O) groups is 3. The van der Waals surface area contributed by atoms with E-state index in [4.69, 9.17) is 4.74 Å². The maximum absolute atomic E-state index is 12.2. The molecule has 1 aliphatic rings. The van der Waals surface area contributed by atoms with Crippen LogP contribution in [0.15, 0.2) is 29.0 Å². The van der Waals surface area contributed by atoms with Gasteiger partial charge in [0.25, 0.3) is 0 Å². The van der Waals surface area contributed by atoms with Gasteiger partial charge in [-0.1, -0.05) is 0 Å². The summed E-state index contributed by atoms with van der Waals surface area (Å²) in [6, 6.07) is 5.31. The maximum atomic E-state index is 12.2. The van der Waals surface area contributed by atoms with Crippen LogP contribution in [0.2, 0.25) is 0 Å². The second-order valence-electron chi connectivity index (χ2n) is 5.63. The Labute approximate surface area is 153 Å². The molecule has 1 atom stereocenters. The van der Waals surface area contributed by atoms with Crippen LogP contribution in [0.3, 0.4) is 0 Å². The lowest BCUT2D eigenvalue weighted by Crippen LogP contribution is -2.42. The number of carbonyl (C=O) groups excluding carboxylic acids is 3. The lowest BCUT2D eigenvalue weighted by molar-refractivity contribution is -0.139. The van der Waals surface area contributed by atoms with Crippen molar-refractivity contribution in [1.29, 1.82) is 0 Å². The lowest BCUT2D eigenvalue weighted by Gasteiger charge is -2.10. The Bertz CT molecular complexity index is 749. The minimum atomic E-state index is -0.683. The van der Waals surface area contributed by atoms with E-state index in [-0.39, 0.29) is 18.4 Å². The molecule has 1 unspecified atom stereocenters. The fraction of sp³-hybridized carbons (Fsp3) is 0.353. The van der Waals surface area contributed by atoms with Gasteiger partial charge in [0.1, 0.15) is 0 Å². The zero-order chi connectivity index (χ0) is 17.6. The van der Waals surface area contributed by atoms with Crippen LogP contribution >= 0.6 is 22.7 Å². The number of ketones is 1. The second kappa shape index (κ2) is 8.37. The normalized spacial score (nSPS) is 16.6. The van der Waals surface area contributed by atoms with E-state index in [1.54, 1.807) is 18.2 Å². The molecule has 2 N–H and O–H groups in total. The van der Waals surface area contributed by atoms with Crippen molar-refractivity contribution in [2.24, 2.45) is 0 Å². The minimum Gasteiger partial charge on any atom is -0.376 e. The van der Waals surface area contributed by atoms with Gasteiger partial charge in [-0.2, -0.15) is 11.3 Å². The predicted molar refractivity (Wildman–Crippen MR) is 95.9 cm³/mol. The fourth-order valence-corrected chi connectivity index (χ4v) is 4.02. The zero-order valence-corrected chi connectivity index (χ0v) is 15.1. The predicted octanol–water partition coefficient (Wildman–Crippen LogP) is 1.95. The second-order valence-corrected chi connectivity index (χ2v) is 7.58. The van der Waals surface area contributed by atoms with E-state index in [1.165, 1.54) is 22.7 Å². The molecule has 0 saturated carbocycles. The van der Waals surface area contributed by atoms with Crippen molar-refractivity contribution in [3.8, 4) is 0 Å². The van der Waals surface area contributed by atoms with Crippen LogP contribution in [0, 0.1) is 0 Å². The van der Waals surface area contributed by atoms with Crippen molar-refractivity contribution in [3.05, 3.63) is 44.3 Å². The molecule has 2 aromatic rings. The van der Waals surface area contributed by atoms with Crippen LogP contribution < -0.4 is 10.6 Å². The van der Waals surface area contributed by atoms with Gasteiger partial charge in [-0.15, -0.1) is 11.3 Å². The third-order valence-corrected chi connectivity index (χ3v) is 5.58. The zero-order valence-electron chi connectivity index (χ0n) is 13.4. The fourth-order valence-electron chi connectivity index (χ4n) is 2.47. The molecule has 1 aliphatic heterocycles. The van der Waals surface area contributed by atoms with Gasteiger partial charge < -0.3 is 15.4 Å². The molecule has 1 saturated heterocycles. The number of hydrogen-bond acceptors (Lipinski definition) is 6. The third kappa shape index (κ3) is 4.75. The van der Waals surface area contributed by atoms with Gasteiger partial charge in [0.15, 0.2) is 0 Å². The Morgan fingerprint density at radius 2 is 2.00 bits per heavy atom. The average Bonchev–Trinajstić information content (AvgIpc) is 3.39. The SMILES string of the molecule is O=C(NCc1ccc(C(=O)c2ccsc2)s1)C(=O)NCC1CCCO1. The maximum Gasteiger partial charge on any atom is 0.309 e. The summed E-state index contributed by atoms with van der Waals surface area (Å²) in [6.45, 7) is 1.27. The molecule has 3 rings (SSSR count). The molecule has 0 bridgehead atoms. The first-order valence-electron chi connectivity index (χ1n) is 7.96. The molecule has 8 heteroatoms. The summed E-state index contributed by atoms with van der Waals surface area (Å²) in [5, 5.41) is 8.81. The standard InChI is InChI=1S/C17H18N2O4S2/c20-15(11-5-7-24-10-11)14-4-3-13(25-14)9-19-17(22)16(21)18-8-12-2-1-6-23-12/h3-5,7,10,12H,1-2,6,8-9H2,(H,18,21)(H,19,22). The summed E-state index contributed by atoms with van der Waals surface area (Å²) in [6.07, 6.45) is 1.88. The number of thiophene rings is 2.